The number of carbonyl (C=O) groups is 2. The fourth-order valence-corrected chi connectivity index (χ4v) is 4.33. The highest BCUT2D eigenvalue weighted by molar-refractivity contribution is 7.20. The van der Waals surface area contributed by atoms with Crippen LogP contribution in [0, 0.1) is 13.8 Å². The van der Waals surface area contributed by atoms with Gasteiger partial charge in [-0.2, -0.15) is 0 Å². The maximum Gasteiger partial charge on any atom is 0.371 e. The van der Waals surface area contributed by atoms with E-state index in [-0.39, 0.29) is 24.5 Å². The van der Waals surface area contributed by atoms with Crippen LogP contribution in [0.4, 0.5) is 0 Å². The van der Waals surface area contributed by atoms with Gasteiger partial charge in [0, 0.05) is 0 Å². The van der Waals surface area contributed by atoms with Crippen molar-refractivity contribution in [1.29, 1.82) is 0 Å². The van der Waals surface area contributed by atoms with E-state index >= 15 is 0 Å². The van der Waals surface area contributed by atoms with Crippen LogP contribution >= 0.6 is 11.3 Å². The summed E-state index contributed by atoms with van der Waals surface area (Å²) in [6, 6.07) is 12.2. The summed E-state index contributed by atoms with van der Waals surface area (Å²) >= 11 is 1.12. The summed E-state index contributed by atoms with van der Waals surface area (Å²) in [6.45, 7) is 3.53. The molecule has 158 valence electrons. The number of aromatic nitrogens is 2. The van der Waals surface area contributed by atoms with Crippen LogP contribution in [0.1, 0.15) is 42.9 Å². The predicted molar refractivity (Wildman–Crippen MR) is 114 cm³/mol. The number of carboxylic acids is 1. The number of hydrogen-bond donors (Lipinski definition) is 1. The van der Waals surface area contributed by atoms with Crippen LogP contribution in [-0.2, 0) is 17.9 Å². The molecule has 3 aromatic heterocycles. The zero-order valence-corrected chi connectivity index (χ0v) is 17.6. The number of fused-ring (bicyclic) bond motifs is 1. The minimum atomic E-state index is -1.18. The van der Waals surface area contributed by atoms with E-state index < -0.39 is 11.9 Å². The molecule has 1 aromatic carbocycles. The van der Waals surface area contributed by atoms with Crippen molar-refractivity contribution in [3.05, 3.63) is 86.2 Å². The molecule has 0 saturated carbocycles. The first kappa shape index (κ1) is 20.5. The van der Waals surface area contributed by atoms with E-state index in [1.807, 2.05) is 30.3 Å². The van der Waals surface area contributed by atoms with Crippen molar-refractivity contribution in [3.8, 4) is 0 Å². The summed E-state index contributed by atoms with van der Waals surface area (Å²) in [6.07, 6.45) is 0. The Morgan fingerprint density at radius 1 is 1.16 bits per heavy atom. The van der Waals surface area contributed by atoms with E-state index in [0.29, 0.717) is 32.2 Å². The van der Waals surface area contributed by atoms with Gasteiger partial charge in [0.15, 0.2) is 0 Å². The largest absolute Gasteiger partial charge is 0.475 e. The van der Waals surface area contributed by atoms with Crippen LogP contribution in [0.25, 0.3) is 10.2 Å². The summed E-state index contributed by atoms with van der Waals surface area (Å²) in [5.41, 5.74) is 1.05. The molecule has 0 bridgehead atoms. The van der Waals surface area contributed by atoms with Gasteiger partial charge in [0.05, 0.1) is 11.9 Å². The Morgan fingerprint density at radius 3 is 2.58 bits per heavy atom. The number of benzene rings is 1. The van der Waals surface area contributed by atoms with E-state index in [1.54, 1.807) is 13.8 Å². The Bertz CT molecular complexity index is 1350. The molecule has 4 rings (SSSR count). The van der Waals surface area contributed by atoms with Crippen LogP contribution < -0.4 is 5.56 Å². The average molecular weight is 438 g/mol. The molecule has 0 aliphatic heterocycles. The second-order valence-corrected chi connectivity index (χ2v) is 7.92. The molecule has 0 aliphatic rings. The Morgan fingerprint density at radius 2 is 1.90 bits per heavy atom. The van der Waals surface area contributed by atoms with Crippen molar-refractivity contribution < 1.29 is 23.8 Å². The Balaban J connectivity index is 1.65. The van der Waals surface area contributed by atoms with E-state index in [9.17, 15) is 14.4 Å². The molecule has 0 atom stereocenters. The van der Waals surface area contributed by atoms with Gasteiger partial charge >= 0.3 is 11.9 Å². The fraction of sp³-hybridized carbons (Fsp3) is 0.182. The number of carboxylic acid groups (broad SMARTS) is 1. The summed E-state index contributed by atoms with van der Waals surface area (Å²) < 4.78 is 12.1. The third-order valence-corrected chi connectivity index (χ3v) is 5.99. The quantitative estimate of drug-likeness (QED) is 0.456. The highest BCUT2D eigenvalue weighted by atomic mass is 32.1. The molecular formula is C22H18N2O6S. The normalized spacial score (nSPS) is 11.0. The lowest BCUT2D eigenvalue weighted by Crippen LogP contribution is -2.24. The van der Waals surface area contributed by atoms with Gasteiger partial charge in [-0.15, -0.1) is 11.3 Å². The summed E-state index contributed by atoms with van der Waals surface area (Å²) in [4.78, 5) is 42.0. The predicted octanol–water partition coefficient (Wildman–Crippen LogP) is 3.77. The van der Waals surface area contributed by atoms with E-state index in [0.717, 1.165) is 16.9 Å². The second kappa shape index (κ2) is 8.19. The Hall–Kier alpha value is -3.72. The number of esters is 1. The van der Waals surface area contributed by atoms with Gasteiger partial charge in [0.25, 0.3) is 5.56 Å². The molecule has 0 spiro atoms. The zero-order chi connectivity index (χ0) is 22.1. The average Bonchev–Trinajstić information content (AvgIpc) is 3.35. The van der Waals surface area contributed by atoms with Crippen molar-refractivity contribution in [2.45, 2.75) is 27.0 Å². The second-order valence-electron chi connectivity index (χ2n) is 6.92. The van der Waals surface area contributed by atoms with Crippen LogP contribution in [0.15, 0.2) is 51.7 Å². The molecular weight excluding hydrogens is 420 g/mol. The third-order valence-electron chi connectivity index (χ3n) is 4.83. The number of aromatic carboxylic acids is 1. The van der Waals surface area contributed by atoms with Gasteiger partial charge in [0.2, 0.25) is 5.76 Å². The van der Waals surface area contributed by atoms with Gasteiger partial charge in [-0.05, 0) is 37.1 Å². The first-order chi connectivity index (χ1) is 14.8. The van der Waals surface area contributed by atoms with Crippen LogP contribution in [-0.4, -0.2) is 26.6 Å². The van der Waals surface area contributed by atoms with Gasteiger partial charge in [-0.3, -0.25) is 9.36 Å². The number of carbonyl (C=O) groups excluding carboxylic acids is 1. The van der Waals surface area contributed by atoms with E-state index in [1.165, 1.54) is 16.7 Å². The molecule has 0 unspecified atom stereocenters. The number of aryl methyl sites for hydroxylation is 2. The van der Waals surface area contributed by atoms with E-state index in [2.05, 4.69) is 4.98 Å². The van der Waals surface area contributed by atoms with E-state index in [4.69, 9.17) is 14.3 Å². The zero-order valence-electron chi connectivity index (χ0n) is 16.7. The molecule has 0 radical (unpaired) electrons. The lowest BCUT2D eigenvalue weighted by Gasteiger charge is -2.08. The van der Waals surface area contributed by atoms with Crippen molar-refractivity contribution in [3.63, 3.8) is 0 Å². The number of thiophene rings is 1. The van der Waals surface area contributed by atoms with Crippen LogP contribution in [0.3, 0.4) is 0 Å². The molecule has 31 heavy (non-hydrogen) atoms. The maximum atomic E-state index is 13.1. The summed E-state index contributed by atoms with van der Waals surface area (Å²) in [7, 11) is 0. The molecule has 0 aliphatic carbocycles. The maximum absolute atomic E-state index is 13.1. The fourth-order valence-electron chi connectivity index (χ4n) is 3.22. The SMILES string of the molecule is Cc1c(C(=O)OCc2ccccc2)sc2nc(C)n(Cc3ccc(C(=O)O)o3)c(=O)c12. The van der Waals surface area contributed by atoms with Gasteiger partial charge in [0.1, 0.15) is 27.9 Å². The molecule has 4 aromatic rings. The number of nitrogens with zero attached hydrogens (tertiary/aromatic N) is 2. The van der Waals surface area contributed by atoms with Crippen molar-refractivity contribution in [2.75, 3.05) is 0 Å². The molecule has 8 nitrogen and oxygen atoms in total. The molecule has 0 fully saturated rings. The highest BCUT2D eigenvalue weighted by Gasteiger charge is 2.22. The lowest BCUT2D eigenvalue weighted by molar-refractivity contribution is 0.0477. The van der Waals surface area contributed by atoms with Crippen LogP contribution in [0.2, 0.25) is 0 Å². The minimum absolute atomic E-state index is 0.0317. The summed E-state index contributed by atoms with van der Waals surface area (Å²) in [5, 5.41) is 9.35. The lowest BCUT2D eigenvalue weighted by atomic mass is 10.2. The smallest absolute Gasteiger partial charge is 0.371 e. The molecule has 3 heterocycles. The van der Waals surface area contributed by atoms with Gasteiger partial charge in [-0.1, -0.05) is 30.3 Å². The standard InChI is InChI=1S/C22H18N2O6S/c1-12-17-19(31-18(12)22(28)29-11-14-6-4-3-5-7-14)23-13(2)24(20(17)25)10-15-8-9-16(30-15)21(26)27/h3-9H,10-11H2,1-2H3,(H,26,27). The number of rotatable bonds is 6. The molecule has 0 amide bonds. The first-order valence-electron chi connectivity index (χ1n) is 9.38. The topological polar surface area (TPSA) is 112 Å². The molecule has 1 N–H and O–H groups in total. The third kappa shape index (κ3) is 3.99. The number of hydrogen-bond acceptors (Lipinski definition) is 7. The molecule has 0 saturated heterocycles. The van der Waals surface area contributed by atoms with Gasteiger partial charge < -0.3 is 14.3 Å². The summed E-state index contributed by atoms with van der Waals surface area (Å²) in [5.74, 6) is -1.15. The monoisotopic (exact) mass is 438 g/mol. The van der Waals surface area contributed by atoms with Crippen LogP contribution in [0.5, 0.6) is 0 Å². The van der Waals surface area contributed by atoms with Crippen molar-refractivity contribution in [1.82, 2.24) is 9.55 Å². The molecule has 9 heteroatoms. The minimum Gasteiger partial charge on any atom is -0.475 e. The Kier molecular flexibility index (Phi) is 5.43. The van der Waals surface area contributed by atoms with Crippen molar-refractivity contribution >= 4 is 33.5 Å². The number of furan rings is 1. The van der Waals surface area contributed by atoms with Crippen molar-refractivity contribution in [2.24, 2.45) is 0 Å². The number of ether oxygens (including phenoxy) is 1. The highest BCUT2D eigenvalue weighted by Crippen LogP contribution is 2.28. The van der Waals surface area contributed by atoms with Gasteiger partial charge in [-0.25, -0.2) is 14.6 Å². The Labute approximate surface area is 180 Å². The first-order valence-corrected chi connectivity index (χ1v) is 10.2.